The Morgan fingerprint density at radius 2 is 2.04 bits per heavy atom. The van der Waals surface area contributed by atoms with Crippen molar-refractivity contribution in [1.29, 1.82) is 0 Å². The van der Waals surface area contributed by atoms with Crippen molar-refractivity contribution in [2.75, 3.05) is 33.5 Å². The average molecular weight is 374 g/mol. The fourth-order valence-corrected chi connectivity index (χ4v) is 3.40. The number of carbonyl (C=O) groups is 1. The van der Waals surface area contributed by atoms with E-state index >= 15 is 0 Å². The molecule has 3 rings (SSSR count). The van der Waals surface area contributed by atoms with Gasteiger partial charge < -0.3 is 14.4 Å². The summed E-state index contributed by atoms with van der Waals surface area (Å²) in [6, 6.07) is 9.58. The van der Waals surface area contributed by atoms with Gasteiger partial charge in [0.1, 0.15) is 6.61 Å². The first-order valence-electron chi connectivity index (χ1n) is 9.15. The van der Waals surface area contributed by atoms with E-state index in [4.69, 9.17) is 9.47 Å². The van der Waals surface area contributed by atoms with Crippen LogP contribution in [0.1, 0.15) is 30.3 Å². The zero-order chi connectivity index (χ0) is 19.2. The van der Waals surface area contributed by atoms with E-state index in [9.17, 15) is 9.59 Å². The van der Waals surface area contributed by atoms with Gasteiger partial charge in [-0.2, -0.15) is 5.10 Å². The number of aryl methyl sites for hydroxylation is 1. The summed E-state index contributed by atoms with van der Waals surface area (Å²) in [5, 5.41) is 4.44. The molecule has 1 atom stereocenters. The van der Waals surface area contributed by atoms with Crippen molar-refractivity contribution in [1.82, 2.24) is 19.2 Å². The van der Waals surface area contributed by atoms with Crippen LogP contribution >= 0.6 is 0 Å². The fourth-order valence-electron chi connectivity index (χ4n) is 3.40. The van der Waals surface area contributed by atoms with Crippen molar-refractivity contribution >= 4 is 5.91 Å². The maximum atomic E-state index is 12.6. The van der Waals surface area contributed by atoms with Gasteiger partial charge in [0, 0.05) is 20.7 Å². The second-order valence-corrected chi connectivity index (χ2v) is 6.63. The van der Waals surface area contributed by atoms with Crippen molar-refractivity contribution < 1.29 is 14.3 Å². The number of carbonyl (C=O) groups excluding carboxylic acids is 1. The molecule has 1 aliphatic rings. The molecule has 1 aromatic carbocycles. The monoisotopic (exact) mass is 374 g/mol. The molecule has 2 aromatic rings. The van der Waals surface area contributed by atoms with E-state index < -0.39 is 0 Å². The highest BCUT2D eigenvalue weighted by molar-refractivity contribution is 5.78. The van der Waals surface area contributed by atoms with Gasteiger partial charge in [0.25, 0.3) is 0 Å². The summed E-state index contributed by atoms with van der Waals surface area (Å²) in [4.78, 5) is 27.0. The molecule has 27 heavy (non-hydrogen) atoms. The zero-order valence-electron chi connectivity index (χ0n) is 15.8. The summed E-state index contributed by atoms with van der Waals surface area (Å²) in [6.07, 6.45) is 1.67. The number of aromatic nitrogens is 3. The van der Waals surface area contributed by atoms with Crippen molar-refractivity contribution in [3.63, 3.8) is 0 Å². The summed E-state index contributed by atoms with van der Waals surface area (Å²) in [5.41, 5.74) is 0.845. The fraction of sp³-hybridized carbons (Fsp3) is 0.526. The van der Waals surface area contributed by atoms with Crippen LogP contribution in [-0.2, 0) is 27.9 Å². The summed E-state index contributed by atoms with van der Waals surface area (Å²) < 4.78 is 13.3. The minimum atomic E-state index is -0.207. The molecule has 0 bridgehead atoms. The van der Waals surface area contributed by atoms with E-state index in [2.05, 4.69) is 5.10 Å². The number of likely N-dealkylation sites (tertiary alicyclic amines) is 1. The van der Waals surface area contributed by atoms with E-state index in [1.54, 1.807) is 23.6 Å². The van der Waals surface area contributed by atoms with Crippen LogP contribution in [0.2, 0.25) is 0 Å². The molecule has 1 saturated heterocycles. The molecule has 0 radical (unpaired) electrons. The molecule has 0 N–H and O–H groups in total. The molecule has 0 saturated carbocycles. The minimum absolute atomic E-state index is 0.00953. The Balaban J connectivity index is 1.79. The number of hydrogen-bond acceptors (Lipinski definition) is 5. The Morgan fingerprint density at radius 1 is 1.26 bits per heavy atom. The number of nitrogens with zero attached hydrogens (tertiary/aromatic N) is 4. The van der Waals surface area contributed by atoms with E-state index in [1.165, 1.54) is 4.68 Å². The van der Waals surface area contributed by atoms with Gasteiger partial charge in [-0.3, -0.25) is 9.36 Å². The minimum Gasteiger partial charge on any atom is -0.382 e. The number of methoxy groups -OCH3 is 1. The topological polar surface area (TPSA) is 78.6 Å². The summed E-state index contributed by atoms with van der Waals surface area (Å²) >= 11 is 0. The lowest BCUT2D eigenvalue weighted by Gasteiger charge is -2.24. The zero-order valence-corrected chi connectivity index (χ0v) is 15.8. The van der Waals surface area contributed by atoms with E-state index in [1.807, 2.05) is 30.3 Å². The molecule has 1 unspecified atom stereocenters. The Bertz CT molecular complexity index is 815. The standard InChI is InChI=1S/C19H26N4O4/c1-21-19(25)23(13-15-7-4-3-5-8-15)18(20-21)16-9-6-10-22(16)17(24)14-27-12-11-26-2/h3-5,7-8,16H,6,9-14H2,1-2H3. The van der Waals surface area contributed by atoms with Crippen LogP contribution in [0.3, 0.4) is 0 Å². The maximum absolute atomic E-state index is 12.6. The predicted molar refractivity (Wildman–Crippen MR) is 99.4 cm³/mol. The summed E-state index contributed by atoms with van der Waals surface area (Å²) in [7, 11) is 3.23. The van der Waals surface area contributed by atoms with Gasteiger partial charge in [-0.05, 0) is 18.4 Å². The van der Waals surface area contributed by atoms with Crippen LogP contribution in [0.5, 0.6) is 0 Å². The quantitative estimate of drug-likeness (QED) is 0.643. The molecular formula is C19H26N4O4. The van der Waals surface area contributed by atoms with Gasteiger partial charge in [-0.25, -0.2) is 9.48 Å². The first-order chi connectivity index (χ1) is 13.1. The highest BCUT2D eigenvalue weighted by atomic mass is 16.5. The Labute approximate surface area is 158 Å². The SMILES string of the molecule is COCCOCC(=O)N1CCCC1c1nn(C)c(=O)n1Cc1ccccc1. The van der Waals surface area contributed by atoms with Crippen LogP contribution < -0.4 is 5.69 Å². The molecule has 146 valence electrons. The Kier molecular flexibility index (Phi) is 6.41. The molecule has 1 fully saturated rings. The second kappa shape index (κ2) is 8.96. The molecule has 8 nitrogen and oxygen atoms in total. The van der Waals surface area contributed by atoms with Crippen molar-refractivity contribution in [2.45, 2.75) is 25.4 Å². The average Bonchev–Trinajstić information content (AvgIpc) is 3.26. The van der Waals surface area contributed by atoms with E-state index in [0.29, 0.717) is 32.1 Å². The normalized spacial score (nSPS) is 16.8. The van der Waals surface area contributed by atoms with E-state index in [0.717, 1.165) is 18.4 Å². The number of ether oxygens (including phenoxy) is 2. The molecule has 0 aliphatic carbocycles. The van der Waals surface area contributed by atoms with Crippen molar-refractivity contribution in [3.05, 3.63) is 52.2 Å². The Hall–Kier alpha value is -2.45. The van der Waals surface area contributed by atoms with Gasteiger partial charge >= 0.3 is 5.69 Å². The van der Waals surface area contributed by atoms with Crippen LogP contribution in [0.15, 0.2) is 35.1 Å². The Morgan fingerprint density at radius 3 is 2.78 bits per heavy atom. The van der Waals surface area contributed by atoms with Gasteiger partial charge in [-0.1, -0.05) is 30.3 Å². The smallest absolute Gasteiger partial charge is 0.346 e. The van der Waals surface area contributed by atoms with Crippen LogP contribution in [0, 0.1) is 0 Å². The largest absolute Gasteiger partial charge is 0.382 e. The van der Waals surface area contributed by atoms with Gasteiger partial charge in [0.15, 0.2) is 5.82 Å². The lowest BCUT2D eigenvalue weighted by Crippen LogP contribution is -2.35. The van der Waals surface area contributed by atoms with Gasteiger partial charge in [0.05, 0.1) is 25.8 Å². The third kappa shape index (κ3) is 4.45. The maximum Gasteiger partial charge on any atom is 0.346 e. The second-order valence-electron chi connectivity index (χ2n) is 6.63. The molecule has 1 aliphatic heterocycles. The first-order valence-corrected chi connectivity index (χ1v) is 9.15. The summed E-state index contributed by atoms with van der Waals surface area (Å²) in [6.45, 7) is 1.92. The lowest BCUT2D eigenvalue weighted by atomic mass is 10.2. The first kappa shape index (κ1) is 19.3. The van der Waals surface area contributed by atoms with Crippen LogP contribution in [-0.4, -0.2) is 58.6 Å². The van der Waals surface area contributed by atoms with Gasteiger partial charge in [0.2, 0.25) is 5.91 Å². The van der Waals surface area contributed by atoms with Crippen molar-refractivity contribution in [2.24, 2.45) is 7.05 Å². The van der Waals surface area contributed by atoms with Gasteiger partial charge in [-0.15, -0.1) is 0 Å². The lowest BCUT2D eigenvalue weighted by molar-refractivity contribution is -0.137. The van der Waals surface area contributed by atoms with Crippen molar-refractivity contribution in [3.8, 4) is 0 Å². The van der Waals surface area contributed by atoms with E-state index in [-0.39, 0.29) is 24.2 Å². The third-order valence-corrected chi connectivity index (χ3v) is 4.75. The highest BCUT2D eigenvalue weighted by Crippen LogP contribution is 2.30. The van der Waals surface area contributed by atoms with Crippen LogP contribution in [0.4, 0.5) is 0 Å². The summed E-state index contributed by atoms with van der Waals surface area (Å²) in [5.74, 6) is 0.548. The molecule has 0 spiro atoms. The molecule has 8 heteroatoms. The number of amides is 1. The number of benzene rings is 1. The molecular weight excluding hydrogens is 348 g/mol. The highest BCUT2D eigenvalue weighted by Gasteiger charge is 2.34. The number of rotatable bonds is 8. The predicted octanol–water partition coefficient (Wildman–Crippen LogP) is 0.957. The molecule has 1 aromatic heterocycles. The molecule has 1 amide bonds. The third-order valence-electron chi connectivity index (χ3n) is 4.75. The molecule has 2 heterocycles. The van der Waals surface area contributed by atoms with Crippen LogP contribution in [0.25, 0.3) is 0 Å². The number of hydrogen-bond donors (Lipinski definition) is 0.